The number of fused-ring (bicyclic) bond motifs is 1. The first-order valence-corrected chi connectivity index (χ1v) is 10.0. The van der Waals surface area contributed by atoms with Crippen LogP contribution in [-0.2, 0) is 16.7 Å². The summed E-state index contributed by atoms with van der Waals surface area (Å²) in [5.74, 6) is 1.30. The summed E-state index contributed by atoms with van der Waals surface area (Å²) in [6.07, 6.45) is 1.11. The summed E-state index contributed by atoms with van der Waals surface area (Å²) in [5, 5.41) is 2.31. The molecule has 3 aromatic rings. The molecule has 0 bridgehead atoms. The highest BCUT2D eigenvalue weighted by atomic mass is 32.2. The van der Waals surface area contributed by atoms with Crippen LogP contribution in [0.3, 0.4) is 0 Å². The van der Waals surface area contributed by atoms with E-state index in [0.29, 0.717) is 12.5 Å². The van der Waals surface area contributed by atoms with Gasteiger partial charge in [0, 0.05) is 0 Å². The fourth-order valence-corrected chi connectivity index (χ4v) is 3.28. The summed E-state index contributed by atoms with van der Waals surface area (Å²) in [7, 11) is -4.16. The molecular weight excluding hydrogens is 348 g/mol. The number of hydrogen-bond acceptors (Lipinski definition) is 3. The maximum Gasteiger partial charge on any atom is 0.294 e. The average molecular weight is 370 g/mol. The van der Waals surface area contributed by atoms with E-state index in [1.54, 1.807) is 12.1 Å². The van der Waals surface area contributed by atoms with Gasteiger partial charge in [0.1, 0.15) is 12.4 Å². The van der Waals surface area contributed by atoms with Crippen LogP contribution in [0.4, 0.5) is 0 Å². The van der Waals surface area contributed by atoms with Gasteiger partial charge in [-0.1, -0.05) is 50.2 Å². The van der Waals surface area contributed by atoms with Crippen molar-refractivity contribution in [1.82, 2.24) is 0 Å². The lowest BCUT2D eigenvalue weighted by Crippen LogP contribution is -1.99. The van der Waals surface area contributed by atoms with Gasteiger partial charge in [-0.25, -0.2) is 0 Å². The number of rotatable bonds is 6. The quantitative estimate of drug-likeness (QED) is 0.607. The molecule has 0 aliphatic rings. The summed E-state index contributed by atoms with van der Waals surface area (Å²) in [6, 6.07) is 18.5. The Labute approximate surface area is 154 Å². The molecule has 3 rings (SSSR count). The summed E-state index contributed by atoms with van der Waals surface area (Å²) < 4.78 is 36.9. The van der Waals surface area contributed by atoms with Crippen LogP contribution in [0.15, 0.2) is 65.6 Å². The molecule has 0 aliphatic carbocycles. The zero-order valence-electron chi connectivity index (χ0n) is 14.8. The number of benzene rings is 3. The van der Waals surface area contributed by atoms with Gasteiger partial charge in [-0.2, -0.15) is 8.42 Å². The summed E-state index contributed by atoms with van der Waals surface area (Å²) in [4.78, 5) is -0.121. The predicted octanol–water partition coefficient (Wildman–Crippen LogP) is 5.18. The Hall–Kier alpha value is -2.37. The van der Waals surface area contributed by atoms with Crippen molar-refractivity contribution >= 4 is 20.9 Å². The summed E-state index contributed by atoms with van der Waals surface area (Å²) in [6.45, 7) is 4.74. The van der Waals surface area contributed by atoms with Crippen LogP contribution < -0.4 is 4.74 Å². The lowest BCUT2D eigenvalue weighted by Gasteiger charge is -2.11. The molecule has 4 nitrogen and oxygen atoms in total. The molecular formula is C21H22O4S. The second-order valence-corrected chi connectivity index (χ2v) is 7.91. The smallest absolute Gasteiger partial charge is 0.294 e. The molecule has 3 aromatic carbocycles. The van der Waals surface area contributed by atoms with Gasteiger partial charge in [0.2, 0.25) is 0 Å². The van der Waals surface area contributed by atoms with Crippen molar-refractivity contribution < 1.29 is 17.7 Å². The Morgan fingerprint density at radius 1 is 0.962 bits per heavy atom. The molecule has 0 spiro atoms. The maximum absolute atomic E-state index is 11.1. The highest BCUT2D eigenvalue weighted by Gasteiger charge is 2.09. The predicted molar refractivity (Wildman–Crippen MR) is 103 cm³/mol. The van der Waals surface area contributed by atoms with Gasteiger partial charge in [-0.3, -0.25) is 4.55 Å². The first kappa shape index (κ1) is 18.4. The van der Waals surface area contributed by atoms with Crippen LogP contribution in [0.1, 0.15) is 37.3 Å². The second-order valence-electron chi connectivity index (χ2n) is 6.49. The van der Waals surface area contributed by atoms with E-state index in [0.717, 1.165) is 23.1 Å². The third-order valence-corrected chi connectivity index (χ3v) is 5.51. The van der Waals surface area contributed by atoms with E-state index in [1.807, 2.05) is 12.1 Å². The van der Waals surface area contributed by atoms with Crippen molar-refractivity contribution in [2.75, 3.05) is 0 Å². The Morgan fingerprint density at radius 2 is 1.62 bits per heavy atom. The van der Waals surface area contributed by atoms with Crippen molar-refractivity contribution in [3.63, 3.8) is 0 Å². The molecule has 0 fully saturated rings. The standard InChI is InChI=1S/C21H22O4S/c1-3-15(2)17-6-7-19-13-20(9-8-18(19)12-17)25-14-16-4-10-21(11-5-16)26(22,23)24/h4-13,15H,3,14H2,1-2H3,(H,22,23,24). The molecule has 1 N–H and O–H groups in total. The maximum atomic E-state index is 11.1. The molecule has 0 saturated heterocycles. The third kappa shape index (κ3) is 4.23. The van der Waals surface area contributed by atoms with Gasteiger partial charge >= 0.3 is 0 Å². The molecule has 1 atom stereocenters. The van der Waals surface area contributed by atoms with E-state index in [1.165, 1.54) is 23.1 Å². The van der Waals surface area contributed by atoms with Crippen molar-refractivity contribution in [3.05, 3.63) is 71.8 Å². The van der Waals surface area contributed by atoms with Gasteiger partial charge in [0.15, 0.2) is 0 Å². The van der Waals surface area contributed by atoms with E-state index in [2.05, 4.69) is 38.1 Å². The lowest BCUT2D eigenvalue weighted by molar-refractivity contribution is 0.306. The fourth-order valence-electron chi connectivity index (χ4n) is 2.80. The molecule has 0 radical (unpaired) electrons. The van der Waals surface area contributed by atoms with Gasteiger partial charge in [0.25, 0.3) is 10.1 Å². The molecule has 1 unspecified atom stereocenters. The van der Waals surface area contributed by atoms with E-state index in [9.17, 15) is 8.42 Å². The van der Waals surface area contributed by atoms with Crippen LogP contribution in [0.2, 0.25) is 0 Å². The lowest BCUT2D eigenvalue weighted by atomic mass is 9.96. The highest BCUT2D eigenvalue weighted by molar-refractivity contribution is 7.85. The van der Waals surface area contributed by atoms with E-state index >= 15 is 0 Å². The minimum atomic E-state index is -4.16. The first-order chi connectivity index (χ1) is 12.4. The Bertz CT molecular complexity index is 1010. The normalized spacial score (nSPS) is 12.9. The topological polar surface area (TPSA) is 63.6 Å². The van der Waals surface area contributed by atoms with E-state index in [-0.39, 0.29) is 4.90 Å². The summed E-state index contributed by atoms with van der Waals surface area (Å²) in [5.41, 5.74) is 2.16. The van der Waals surface area contributed by atoms with Gasteiger partial charge in [-0.05, 0) is 58.5 Å². The van der Waals surface area contributed by atoms with Crippen molar-refractivity contribution in [2.24, 2.45) is 0 Å². The monoisotopic (exact) mass is 370 g/mol. The molecule has 0 heterocycles. The molecule has 136 valence electrons. The third-order valence-electron chi connectivity index (χ3n) is 4.64. The second kappa shape index (κ2) is 7.48. The van der Waals surface area contributed by atoms with Gasteiger partial charge in [-0.15, -0.1) is 0 Å². The zero-order valence-corrected chi connectivity index (χ0v) is 15.7. The van der Waals surface area contributed by atoms with E-state index in [4.69, 9.17) is 9.29 Å². The van der Waals surface area contributed by atoms with Gasteiger partial charge < -0.3 is 4.74 Å². The number of ether oxygens (including phenoxy) is 1. The molecule has 0 aliphatic heterocycles. The zero-order chi connectivity index (χ0) is 18.7. The first-order valence-electron chi connectivity index (χ1n) is 8.60. The van der Waals surface area contributed by atoms with Crippen LogP contribution in [0, 0.1) is 0 Å². The Morgan fingerprint density at radius 3 is 2.27 bits per heavy atom. The Kier molecular flexibility index (Phi) is 5.30. The van der Waals surface area contributed by atoms with Crippen molar-refractivity contribution in [1.29, 1.82) is 0 Å². The highest BCUT2D eigenvalue weighted by Crippen LogP contribution is 2.26. The number of hydrogen-bond donors (Lipinski definition) is 1. The van der Waals surface area contributed by atoms with Crippen LogP contribution in [0.5, 0.6) is 5.75 Å². The minimum Gasteiger partial charge on any atom is -0.489 e. The molecule has 0 amide bonds. The van der Waals surface area contributed by atoms with E-state index < -0.39 is 10.1 Å². The van der Waals surface area contributed by atoms with Crippen LogP contribution in [-0.4, -0.2) is 13.0 Å². The van der Waals surface area contributed by atoms with Crippen LogP contribution >= 0.6 is 0 Å². The molecule has 5 heteroatoms. The minimum absolute atomic E-state index is 0.121. The largest absolute Gasteiger partial charge is 0.489 e. The molecule has 26 heavy (non-hydrogen) atoms. The molecule has 0 saturated carbocycles. The summed E-state index contributed by atoms with van der Waals surface area (Å²) >= 11 is 0. The SMILES string of the molecule is CCC(C)c1ccc2cc(OCc3ccc(S(=O)(=O)O)cc3)ccc2c1. The van der Waals surface area contributed by atoms with Crippen molar-refractivity contribution in [3.8, 4) is 5.75 Å². The Balaban J connectivity index is 1.73. The average Bonchev–Trinajstić information content (AvgIpc) is 2.64. The molecule has 0 aromatic heterocycles. The van der Waals surface area contributed by atoms with Crippen molar-refractivity contribution in [2.45, 2.75) is 37.7 Å². The fraction of sp³-hybridized carbons (Fsp3) is 0.238. The van der Waals surface area contributed by atoms with Gasteiger partial charge in [0.05, 0.1) is 4.90 Å². The van der Waals surface area contributed by atoms with Crippen LogP contribution in [0.25, 0.3) is 10.8 Å².